The molecule has 0 saturated carbocycles. The Morgan fingerprint density at radius 2 is 2.22 bits per heavy atom. The topological polar surface area (TPSA) is 49.3 Å². The quantitative estimate of drug-likeness (QED) is 0.468. The average molecular weight is 382 g/mol. The predicted molar refractivity (Wildman–Crippen MR) is 90.2 cm³/mol. The lowest BCUT2D eigenvalue weighted by Gasteiger charge is -2.13. The van der Waals surface area contributed by atoms with Crippen LogP contribution < -0.4 is 10.6 Å². The van der Waals surface area contributed by atoms with Crippen molar-refractivity contribution in [3.05, 3.63) is 16.1 Å². The fourth-order valence-corrected chi connectivity index (χ4v) is 2.15. The third-order valence-corrected chi connectivity index (χ3v) is 3.01. The Bertz CT molecular complexity index is 363. The first-order valence-corrected chi connectivity index (χ1v) is 6.89. The molecule has 6 heteroatoms. The fraction of sp³-hybridized carbons (Fsp3) is 0.667. The Morgan fingerprint density at radius 1 is 1.50 bits per heavy atom. The van der Waals surface area contributed by atoms with E-state index < -0.39 is 0 Å². The molecule has 0 aliphatic carbocycles. The largest absolute Gasteiger partial charge is 0.357 e. The van der Waals surface area contributed by atoms with Crippen LogP contribution in [0.15, 0.2) is 11.2 Å². The first-order chi connectivity index (χ1) is 8.11. The van der Waals surface area contributed by atoms with E-state index in [4.69, 9.17) is 0 Å². The Kier molecular flexibility index (Phi) is 9.35. The van der Waals surface area contributed by atoms with Crippen LogP contribution in [0.4, 0.5) is 0 Å². The zero-order valence-corrected chi connectivity index (χ0v) is 14.6. The van der Waals surface area contributed by atoms with Crippen LogP contribution in [0.1, 0.15) is 30.7 Å². The van der Waals surface area contributed by atoms with Gasteiger partial charge in [-0.2, -0.15) is 0 Å². The van der Waals surface area contributed by atoms with E-state index in [2.05, 4.69) is 48.3 Å². The maximum atomic E-state index is 4.52. The molecule has 4 nitrogen and oxygen atoms in total. The summed E-state index contributed by atoms with van der Waals surface area (Å²) in [7, 11) is 0. The molecule has 1 aromatic heterocycles. The molecule has 1 heterocycles. The summed E-state index contributed by atoms with van der Waals surface area (Å²) in [4.78, 5) is 10.1. The zero-order chi connectivity index (χ0) is 12.7. The molecule has 0 aromatic carbocycles. The van der Waals surface area contributed by atoms with Crippen molar-refractivity contribution in [2.24, 2.45) is 4.99 Å². The van der Waals surface area contributed by atoms with Gasteiger partial charge in [0.2, 0.25) is 0 Å². The van der Waals surface area contributed by atoms with Crippen LogP contribution in [0.25, 0.3) is 0 Å². The molecule has 0 amide bonds. The zero-order valence-electron chi connectivity index (χ0n) is 11.5. The molecule has 104 valence electrons. The highest BCUT2D eigenvalue weighted by molar-refractivity contribution is 14.0. The van der Waals surface area contributed by atoms with Gasteiger partial charge in [0.1, 0.15) is 0 Å². The molecule has 0 aliphatic heterocycles. The minimum Gasteiger partial charge on any atom is -0.357 e. The van der Waals surface area contributed by atoms with Crippen molar-refractivity contribution in [1.29, 1.82) is 0 Å². The molecule has 0 radical (unpaired) electrons. The van der Waals surface area contributed by atoms with Crippen LogP contribution in [0.5, 0.6) is 0 Å². The SMILES string of the molecule is CCNC(=NCCc1ncc(C)s1)NC(C)C.I. The summed E-state index contributed by atoms with van der Waals surface area (Å²) in [5, 5.41) is 7.68. The molecule has 0 atom stereocenters. The monoisotopic (exact) mass is 382 g/mol. The molecule has 1 rings (SSSR count). The molecular formula is C12H23IN4S. The summed E-state index contributed by atoms with van der Waals surface area (Å²) in [6.07, 6.45) is 2.83. The lowest BCUT2D eigenvalue weighted by atomic mass is 10.4. The molecular weight excluding hydrogens is 359 g/mol. The molecule has 0 fully saturated rings. The lowest BCUT2D eigenvalue weighted by Crippen LogP contribution is -2.41. The second-order valence-corrected chi connectivity index (χ2v) is 5.49. The number of aromatic nitrogens is 1. The highest BCUT2D eigenvalue weighted by Gasteiger charge is 2.01. The minimum atomic E-state index is 0. The molecule has 0 aliphatic rings. The summed E-state index contributed by atoms with van der Waals surface area (Å²) < 4.78 is 0. The molecule has 0 saturated heterocycles. The predicted octanol–water partition coefficient (Wildman–Crippen LogP) is 2.58. The molecule has 0 bridgehead atoms. The van der Waals surface area contributed by atoms with Crippen molar-refractivity contribution in [2.75, 3.05) is 13.1 Å². The van der Waals surface area contributed by atoms with Crippen molar-refractivity contribution >= 4 is 41.3 Å². The highest BCUT2D eigenvalue weighted by Crippen LogP contribution is 2.11. The van der Waals surface area contributed by atoms with E-state index in [1.807, 2.05) is 6.20 Å². The van der Waals surface area contributed by atoms with Crippen LogP contribution in [0.3, 0.4) is 0 Å². The van der Waals surface area contributed by atoms with Gasteiger partial charge in [-0.15, -0.1) is 35.3 Å². The van der Waals surface area contributed by atoms with E-state index in [9.17, 15) is 0 Å². The third kappa shape index (κ3) is 7.15. The number of halogens is 1. The van der Waals surface area contributed by atoms with E-state index in [1.165, 1.54) is 4.88 Å². The smallest absolute Gasteiger partial charge is 0.191 e. The summed E-state index contributed by atoms with van der Waals surface area (Å²) in [5.41, 5.74) is 0. The molecule has 1 aromatic rings. The third-order valence-electron chi connectivity index (χ3n) is 2.03. The lowest BCUT2D eigenvalue weighted by molar-refractivity contribution is 0.700. The van der Waals surface area contributed by atoms with Crippen LogP contribution in [0.2, 0.25) is 0 Å². The van der Waals surface area contributed by atoms with Gasteiger partial charge in [0.15, 0.2) is 5.96 Å². The van der Waals surface area contributed by atoms with Gasteiger partial charge in [-0.25, -0.2) is 4.98 Å². The number of nitrogens with one attached hydrogen (secondary N) is 2. The molecule has 2 N–H and O–H groups in total. The van der Waals surface area contributed by atoms with Gasteiger partial charge >= 0.3 is 0 Å². The summed E-state index contributed by atoms with van der Waals surface area (Å²) in [6.45, 7) is 10.0. The van der Waals surface area contributed by atoms with Gasteiger partial charge in [0.05, 0.1) is 5.01 Å². The maximum Gasteiger partial charge on any atom is 0.191 e. The van der Waals surface area contributed by atoms with Crippen LogP contribution >= 0.6 is 35.3 Å². The molecule has 18 heavy (non-hydrogen) atoms. The number of guanidine groups is 1. The standard InChI is InChI=1S/C12H22N4S.HI/c1-5-13-12(16-9(2)3)14-7-6-11-15-8-10(4)17-11;/h8-9H,5-7H2,1-4H3,(H2,13,14,16);1H. The van der Waals surface area contributed by atoms with Crippen LogP contribution in [-0.4, -0.2) is 30.1 Å². The number of thiazole rings is 1. The van der Waals surface area contributed by atoms with E-state index >= 15 is 0 Å². The van der Waals surface area contributed by atoms with E-state index in [1.54, 1.807) is 11.3 Å². The van der Waals surface area contributed by atoms with Crippen molar-refractivity contribution in [2.45, 2.75) is 40.2 Å². The number of aryl methyl sites for hydroxylation is 1. The first-order valence-electron chi connectivity index (χ1n) is 6.08. The van der Waals surface area contributed by atoms with Gasteiger partial charge in [-0.05, 0) is 27.7 Å². The average Bonchev–Trinajstić information content (AvgIpc) is 2.63. The number of hydrogen-bond acceptors (Lipinski definition) is 3. The number of nitrogens with zero attached hydrogens (tertiary/aromatic N) is 2. The van der Waals surface area contributed by atoms with Crippen molar-refractivity contribution < 1.29 is 0 Å². The Morgan fingerprint density at radius 3 is 2.72 bits per heavy atom. The highest BCUT2D eigenvalue weighted by atomic mass is 127. The number of rotatable bonds is 5. The van der Waals surface area contributed by atoms with Crippen LogP contribution in [-0.2, 0) is 6.42 Å². The second kappa shape index (κ2) is 9.55. The van der Waals surface area contributed by atoms with Crippen molar-refractivity contribution in [3.63, 3.8) is 0 Å². The van der Waals surface area contributed by atoms with Gasteiger partial charge in [-0.3, -0.25) is 4.99 Å². The van der Waals surface area contributed by atoms with Gasteiger partial charge in [0.25, 0.3) is 0 Å². The van der Waals surface area contributed by atoms with Crippen LogP contribution in [0, 0.1) is 6.92 Å². The number of aliphatic imine (C=N–C) groups is 1. The molecule has 0 unspecified atom stereocenters. The van der Waals surface area contributed by atoms with E-state index in [0.29, 0.717) is 6.04 Å². The Labute approximate surface area is 131 Å². The van der Waals surface area contributed by atoms with Gasteiger partial charge in [0, 0.05) is 36.6 Å². The van der Waals surface area contributed by atoms with E-state index in [0.717, 1.165) is 30.5 Å². The normalized spacial score (nSPS) is 11.3. The Hall–Kier alpha value is -0.370. The summed E-state index contributed by atoms with van der Waals surface area (Å²) in [6, 6.07) is 0.398. The van der Waals surface area contributed by atoms with Crippen molar-refractivity contribution in [3.8, 4) is 0 Å². The second-order valence-electron chi connectivity index (χ2n) is 4.17. The van der Waals surface area contributed by atoms with E-state index in [-0.39, 0.29) is 24.0 Å². The summed E-state index contributed by atoms with van der Waals surface area (Å²) >= 11 is 1.75. The van der Waals surface area contributed by atoms with Gasteiger partial charge < -0.3 is 10.6 Å². The minimum absolute atomic E-state index is 0. The Balaban J connectivity index is 0.00000289. The number of hydrogen-bond donors (Lipinski definition) is 2. The molecule has 0 spiro atoms. The van der Waals surface area contributed by atoms with Crippen molar-refractivity contribution in [1.82, 2.24) is 15.6 Å². The summed E-state index contributed by atoms with van der Waals surface area (Å²) in [5.74, 6) is 0.885. The first kappa shape index (κ1) is 17.6. The van der Waals surface area contributed by atoms with Gasteiger partial charge in [-0.1, -0.05) is 0 Å². The maximum absolute atomic E-state index is 4.52. The fourth-order valence-electron chi connectivity index (χ4n) is 1.37.